The van der Waals surface area contributed by atoms with Gasteiger partial charge in [-0.2, -0.15) is 0 Å². The lowest BCUT2D eigenvalue weighted by Crippen LogP contribution is -2.42. The number of hydrogen-bond donors (Lipinski definition) is 2. The summed E-state index contributed by atoms with van der Waals surface area (Å²) in [4.78, 5) is 26.1. The molecule has 0 aliphatic carbocycles. The van der Waals surface area contributed by atoms with Crippen molar-refractivity contribution in [2.45, 2.75) is 4.90 Å². The summed E-state index contributed by atoms with van der Waals surface area (Å²) in [6.07, 6.45) is 0. The van der Waals surface area contributed by atoms with Crippen LogP contribution in [0, 0.1) is 0 Å². The van der Waals surface area contributed by atoms with E-state index in [9.17, 15) is 18.0 Å². The number of aliphatic carboxylic acids is 1. The van der Waals surface area contributed by atoms with Crippen LogP contribution in [-0.4, -0.2) is 64.9 Å². The smallest absolute Gasteiger partial charge is 0.323 e. The van der Waals surface area contributed by atoms with Gasteiger partial charge in [0.05, 0.1) is 35.2 Å². The van der Waals surface area contributed by atoms with Crippen molar-refractivity contribution in [1.82, 2.24) is 0 Å². The molecule has 2 aromatic carbocycles. The number of fused-ring (bicyclic) bond motifs is 1. The molecule has 1 amide bonds. The number of nitrogens with zero attached hydrogens (tertiary/aromatic N) is 2. The summed E-state index contributed by atoms with van der Waals surface area (Å²) in [5.41, 5.74) is 1.03. The molecule has 0 aromatic heterocycles. The van der Waals surface area contributed by atoms with Crippen molar-refractivity contribution in [3.05, 3.63) is 41.4 Å². The number of carbonyl (C=O) groups excluding carboxylic acids is 1. The SMILES string of the molecule is O=C(O)CN1C(=O)COc2ccc(S(=O)(=O)Nc3cc(Cl)ccc3N3CCOCC3)cc21. The summed E-state index contributed by atoms with van der Waals surface area (Å²) >= 11 is 6.11. The molecule has 0 unspecified atom stereocenters. The maximum Gasteiger partial charge on any atom is 0.323 e. The molecule has 0 radical (unpaired) electrons. The molecule has 10 nitrogen and oxygen atoms in total. The first-order valence-corrected chi connectivity index (χ1v) is 11.5. The number of nitrogens with one attached hydrogen (secondary N) is 1. The zero-order chi connectivity index (χ0) is 22.9. The molecule has 12 heteroatoms. The van der Waals surface area contributed by atoms with Gasteiger partial charge < -0.3 is 19.5 Å². The number of halogens is 1. The van der Waals surface area contributed by atoms with Gasteiger partial charge in [-0.05, 0) is 36.4 Å². The number of carbonyl (C=O) groups is 2. The van der Waals surface area contributed by atoms with Crippen molar-refractivity contribution in [2.24, 2.45) is 0 Å². The molecule has 2 N–H and O–H groups in total. The summed E-state index contributed by atoms with van der Waals surface area (Å²) in [5.74, 6) is -1.58. The van der Waals surface area contributed by atoms with E-state index in [2.05, 4.69) is 4.72 Å². The Morgan fingerprint density at radius 2 is 1.88 bits per heavy atom. The summed E-state index contributed by atoms with van der Waals surface area (Å²) in [6.45, 7) is 1.30. The molecular weight excluding hydrogens is 462 g/mol. The van der Waals surface area contributed by atoms with Crippen LogP contribution in [0.25, 0.3) is 0 Å². The van der Waals surface area contributed by atoms with Gasteiger partial charge in [0.2, 0.25) is 0 Å². The highest BCUT2D eigenvalue weighted by atomic mass is 35.5. The predicted molar refractivity (Wildman–Crippen MR) is 117 cm³/mol. The molecular formula is C20H20ClN3O7S. The highest BCUT2D eigenvalue weighted by Gasteiger charge is 2.29. The minimum Gasteiger partial charge on any atom is -0.482 e. The van der Waals surface area contributed by atoms with Crippen LogP contribution in [0.4, 0.5) is 17.1 Å². The molecule has 32 heavy (non-hydrogen) atoms. The van der Waals surface area contributed by atoms with E-state index >= 15 is 0 Å². The normalized spacial score (nSPS) is 16.3. The molecule has 0 atom stereocenters. The summed E-state index contributed by atoms with van der Waals surface area (Å²) in [7, 11) is -4.10. The molecule has 2 aliphatic rings. The molecule has 1 fully saturated rings. The van der Waals surface area contributed by atoms with E-state index < -0.39 is 28.4 Å². The standard InChI is InChI=1S/C20H20ClN3O7S/c21-13-1-3-16(23-5-7-30-8-6-23)15(9-13)22-32(28,29)14-2-4-18-17(10-14)24(11-20(26)27)19(25)12-31-18/h1-4,9-10,22H,5-8,11-12H2,(H,26,27). The first-order chi connectivity index (χ1) is 15.2. The van der Waals surface area contributed by atoms with E-state index in [0.717, 1.165) is 4.90 Å². The number of benzene rings is 2. The zero-order valence-electron chi connectivity index (χ0n) is 16.8. The van der Waals surface area contributed by atoms with E-state index in [0.29, 0.717) is 42.7 Å². The number of ether oxygens (including phenoxy) is 2. The Bertz CT molecular complexity index is 1170. The molecule has 0 bridgehead atoms. The number of rotatable bonds is 6. The van der Waals surface area contributed by atoms with E-state index in [-0.39, 0.29) is 22.9 Å². The van der Waals surface area contributed by atoms with Crippen LogP contribution in [-0.2, 0) is 24.3 Å². The summed E-state index contributed by atoms with van der Waals surface area (Å²) < 4.78 is 39.6. The molecule has 0 spiro atoms. The van der Waals surface area contributed by atoms with Gasteiger partial charge in [-0.3, -0.25) is 19.2 Å². The van der Waals surface area contributed by atoms with E-state index in [1.165, 1.54) is 24.3 Å². The van der Waals surface area contributed by atoms with Gasteiger partial charge in [0.15, 0.2) is 6.61 Å². The second-order valence-corrected chi connectivity index (χ2v) is 9.28. The van der Waals surface area contributed by atoms with Crippen molar-refractivity contribution in [2.75, 3.05) is 54.0 Å². The lowest BCUT2D eigenvalue weighted by atomic mass is 10.2. The van der Waals surface area contributed by atoms with E-state index in [1.54, 1.807) is 12.1 Å². The van der Waals surface area contributed by atoms with Crippen LogP contribution >= 0.6 is 11.6 Å². The third-order valence-corrected chi connectivity index (χ3v) is 6.63. The van der Waals surface area contributed by atoms with Crippen molar-refractivity contribution in [3.8, 4) is 5.75 Å². The average Bonchev–Trinajstić information content (AvgIpc) is 2.75. The second-order valence-electron chi connectivity index (χ2n) is 7.16. The fourth-order valence-corrected chi connectivity index (χ4v) is 4.79. The average molecular weight is 482 g/mol. The Morgan fingerprint density at radius 1 is 1.12 bits per heavy atom. The first kappa shape index (κ1) is 22.2. The minimum atomic E-state index is -4.10. The van der Waals surface area contributed by atoms with E-state index in [4.69, 9.17) is 26.2 Å². The number of carboxylic acids is 1. The van der Waals surface area contributed by atoms with Crippen molar-refractivity contribution in [3.63, 3.8) is 0 Å². The van der Waals surface area contributed by atoms with Crippen LogP contribution in [0.2, 0.25) is 5.02 Å². The van der Waals surface area contributed by atoms with Gasteiger partial charge in [0.1, 0.15) is 12.3 Å². The third kappa shape index (κ3) is 4.59. The number of morpholine rings is 1. The minimum absolute atomic E-state index is 0.0750. The van der Waals surface area contributed by atoms with Crippen LogP contribution in [0.15, 0.2) is 41.3 Å². The molecule has 4 rings (SSSR count). The number of sulfonamides is 1. The number of anilines is 3. The van der Waals surface area contributed by atoms with Gasteiger partial charge in [-0.25, -0.2) is 8.42 Å². The molecule has 0 saturated carbocycles. The van der Waals surface area contributed by atoms with Crippen LogP contribution in [0.3, 0.4) is 0 Å². The Hall–Kier alpha value is -3.02. The third-order valence-electron chi connectivity index (χ3n) is 5.03. The monoisotopic (exact) mass is 481 g/mol. The van der Waals surface area contributed by atoms with Gasteiger partial charge in [0, 0.05) is 18.1 Å². The van der Waals surface area contributed by atoms with Gasteiger partial charge >= 0.3 is 5.97 Å². The molecule has 170 valence electrons. The zero-order valence-corrected chi connectivity index (χ0v) is 18.4. The lowest BCUT2D eigenvalue weighted by molar-refractivity contribution is -0.137. The highest BCUT2D eigenvalue weighted by Crippen LogP contribution is 2.36. The van der Waals surface area contributed by atoms with Crippen LogP contribution in [0.5, 0.6) is 5.75 Å². The molecule has 1 saturated heterocycles. The first-order valence-electron chi connectivity index (χ1n) is 9.69. The summed E-state index contributed by atoms with van der Waals surface area (Å²) in [5, 5.41) is 9.48. The number of hydrogen-bond acceptors (Lipinski definition) is 7. The topological polar surface area (TPSA) is 125 Å². The Kier molecular flexibility index (Phi) is 6.13. The van der Waals surface area contributed by atoms with Crippen LogP contribution in [0.1, 0.15) is 0 Å². The van der Waals surface area contributed by atoms with Crippen LogP contribution < -0.4 is 19.3 Å². The highest BCUT2D eigenvalue weighted by molar-refractivity contribution is 7.92. The fourth-order valence-electron chi connectivity index (χ4n) is 3.53. The molecule has 2 heterocycles. The maximum atomic E-state index is 13.2. The fraction of sp³-hybridized carbons (Fsp3) is 0.300. The van der Waals surface area contributed by atoms with Crippen molar-refractivity contribution < 1.29 is 32.6 Å². The maximum absolute atomic E-state index is 13.2. The number of carboxylic acid groups (broad SMARTS) is 1. The van der Waals surface area contributed by atoms with Gasteiger partial charge in [-0.1, -0.05) is 11.6 Å². The van der Waals surface area contributed by atoms with Gasteiger partial charge in [-0.15, -0.1) is 0 Å². The van der Waals surface area contributed by atoms with Crippen molar-refractivity contribution >= 4 is 50.6 Å². The molecule has 2 aliphatic heterocycles. The van der Waals surface area contributed by atoms with E-state index in [1.807, 2.05) is 4.90 Å². The van der Waals surface area contributed by atoms with Gasteiger partial charge in [0.25, 0.3) is 15.9 Å². The second kappa shape index (κ2) is 8.85. The Balaban J connectivity index is 1.68. The molecule has 2 aromatic rings. The summed E-state index contributed by atoms with van der Waals surface area (Å²) in [6, 6.07) is 8.87. The predicted octanol–water partition coefficient (Wildman–Crippen LogP) is 1.79. The quantitative estimate of drug-likeness (QED) is 0.639. The largest absolute Gasteiger partial charge is 0.482 e. The Morgan fingerprint density at radius 3 is 2.59 bits per heavy atom. The van der Waals surface area contributed by atoms with Crippen molar-refractivity contribution in [1.29, 1.82) is 0 Å². The Labute approximate surface area is 189 Å². The lowest BCUT2D eigenvalue weighted by Gasteiger charge is -2.31. The number of amides is 1.